The van der Waals surface area contributed by atoms with Crippen LogP contribution in [0.1, 0.15) is 52.5 Å². The predicted molar refractivity (Wildman–Crippen MR) is 105 cm³/mol. The second kappa shape index (κ2) is 8.44. The van der Waals surface area contributed by atoms with Crippen LogP contribution in [0.25, 0.3) is 0 Å². The molecule has 1 amide bonds. The summed E-state index contributed by atoms with van der Waals surface area (Å²) in [4.78, 5) is 23.6. The third-order valence-electron chi connectivity index (χ3n) is 4.56. The van der Waals surface area contributed by atoms with Crippen LogP contribution in [0.2, 0.25) is 5.02 Å². The number of anilines is 1. The van der Waals surface area contributed by atoms with Gasteiger partial charge < -0.3 is 14.8 Å². The summed E-state index contributed by atoms with van der Waals surface area (Å²) >= 11 is 6.35. The molecule has 0 atom stereocenters. The molecule has 1 N–H and O–H groups in total. The van der Waals surface area contributed by atoms with Crippen molar-refractivity contribution in [2.24, 2.45) is 0 Å². The number of hydrogen-bond acceptors (Lipinski definition) is 4. The van der Waals surface area contributed by atoms with E-state index in [1.807, 2.05) is 13.8 Å². The molecule has 1 aliphatic carbocycles. The molecule has 27 heavy (non-hydrogen) atoms. The minimum atomic E-state index is -0.309. The van der Waals surface area contributed by atoms with E-state index in [0.29, 0.717) is 39.9 Å². The summed E-state index contributed by atoms with van der Waals surface area (Å²) in [5.74, 6) is 0.650. The molecule has 0 heterocycles. The van der Waals surface area contributed by atoms with Gasteiger partial charge in [0.05, 0.1) is 17.7 Å². The quantitative estimate of drug-likeness (QED) is 0.675. The molecule has 1 saturated carbocycles. The smallest absolute Gasteiger partial charge is 0.255 e. The van der Waals surface area contributed by atoms with Crippen LogP contribution in [-0.2, 0) is 0 Å². The maximum atomic E-state index is 12.7. The Labute approximate surface area is 163 Å². The predicted octanol–water partition coefficient (Wildman–Crippen LogP) is 5.04. The fourth-order valence-corrected chi connectivity index (χ4v) is 3.09. The van der Waals surface area contributed by atoms with Crippen molar-refractivity contribution in [1.29, 1.82) is 0 Å². The van der Waals surface area contributed by atoms with Crippen molar-refractivity contribution in [3.8, 4) is 11.5 Å². The first-order valence-corrected chi connectivity index (χ1v) is 9.39. The second-order valence-corrected chi connectivity index (χ2v) is 6.94. The summed E-state index contributed by atoms with van der Waals surface area (Å²) < 4.78 is 11.6. The second-order valence-electron chi connectivity index (χ2n) is 6.53. The highest BCUT2D eigenvalue weighted by Crippen LogP contribution is 2.39. The van der Waals surface area contributed by atoms with Crippen LogP contribution in [0.5, 0.6) is 11.5 Å². The maximum Gasteiger partial charge on any atom is 0.255 e. The number of benzene rings is 2. The molecule has 6 heteroatoms. The average molecular weight is 388 g/mol. The zero-order chi connectivity index (χ0) is 19.4. The number of ether oxygens (including phenoxy) is 2. The number of halogens is 1. The lowest BCUT2D eigenvalue weighted by molar-refractivity contribution is 0.102. The van der Waals surface area contributed by atoms with Crippen LogP contribution in [0.4, 0.5) is 5.69 Å². The number of carbonyl (C=O) groups is 2. The normalized spacial score (nSPS) is 13.6. The van der Waals surface area contributed by atoms with Gasteiger partial charge in [-0.3, -0.25) is 9.59 Å². The van der Waals surface area contributed by atoms with Crippen LogP contribution in [0.15, 0.2) is 30.3 Å². The van der Waals surface area contributed by atoms with E-state index < -0.39 is 0 Å². The Hall–Kier alpha value is -2.53. The molecule has 2 aromatic rings. The third kappa shape index (κ3) is 4.42. The van der Waals surface area contributed by atoms with E-state index in [1.165, 1.54) is 0 Å². The van der Waals surface area contributed by atoms with E-state index in [2.05, 4.69) is 5.32 Å². The zero-order valence-corrected chi connectivity index (χ0v) is 16.1. The van der Waals surface area contributed by atoms with Crippen LogP contribution in [0, 0.1) is 6.92 Å². The number of rotatable bonds is 7. The molecule has 0 bridgehead atoms. The van der Waals surface area contributed by atoms with Gasteiger partial charge >= 0.3 is 0 Å². The van der Waals surface area contributed by atoms with Gasteiger partial charge in [0, 0.05) is 16.8 Å². The molecule has 142 valence electrons. The Morgan fingerprint density at radius 1 is 1.30 bits per heavy atom. The highest BCUT2D eigenvalue weighted by Gasteiger charge is 2.23. The number of aldehydes is 1. The van der Waals surface area contributed by atoms with E-state index in [4.69, 9.17) is 21.1 Å². The molecule has 0 spiro atoms. The van der Waals surface area contributed by atoms with E-state index in [1.54, 1.807) is 30.3 Å². The van der Waals surface area contributed by atoms with Gasteiger partial charge in [0.2, 0.25) is 0 Å². The summed E-state index contributed by atoms with van der Waals surface area (Å²) in [5.41, 5.74) is 2.37. The molecule has 0 radical (unpaired) electrons. The summed E-state index contributed by atoms with van der Waals surface area (Å²) in [5, 5.41) is 3.17. The molecule has 1 fully saturated rings. The molecule has 1 aliphatic rings. The van der Waals surface area contributed by atoms with Gasteiger partial charge in [-0.05, 0) is 69.0 Å². The summed E-state index contributed by atoms with van der Waals surface area (Å²) in [6.07, 6.45) is 4.04. The Bertz CT molecular complexity index is 862. The summed E-state index contributed by atoms with van der Waals surface area (Å²) in [6, 6.07) is 8.35. The van der Waals surface area contributed by atoms with Gasteiger partial charge in [0.15, 0.2) is 11.5 Å². The van der Waals surface area contributed by atoms with Gasteiger partial charge in [-0.2, -0.15) is 0 Å². The van der Waals surface area contributed by atoms with E-state index in [-0.39, 0.29) is 12.0 Å². The largest absolute Gasteiger partial charge is 0.488 e. The summed E-state index contributed by atoms with van der Waals surface area (Å²) in [7, 11) is 0. The Kier molecular flexibility index (Phi) is 6.01. The highest BCUT2D eigenvalue weighted by molar-refractivity contribution is 6.32. The van der Waals surface area contributed by atoms with Crippen LogP contribution in [-0.4, -0.2) is 24.9 Å². The van der Waals surface area contributed by atoms with Crippen molar-refractivity contribution in [3.05, 3.63) is 52.0 Å². The van der Waals surface area contributed by atoms with Crippen LogP contribution < -0.4 is 14.8 Å². The van der Waals surface area contributed by atoms with Crippen molar-refractivity contribution in [1.82, 2.24) is 0 Å². The van der Waals surface area contributed by atoms with Crippen molar-refractivity contribution >= 4 is 29.5 Å². The fourth-order valence-electron chi connectivity index (χ4n) is 2.83. The van der Waals surface area contributed by atoms with Crippen molar-refractivity contribution in [2.75, 3.05) is 11.9 Å². The molecular formula is C21H22ClNO4. The first-order chi connectivity index (χ1) is 13.0. The van der Waals surface area contributed by atoms with Gasteiger partial charge in [-0.1, -0.05) is 11.6 Å². The van der Waals surface area contributed by atoms with E-state index in [0.717, 1.165) is 31.1 Å². The molecule has 5 nitrogen and oxygen atoms in total. The number of carbonyl (C=O) groups excluding carboxylic acids is 2. The lowest BCUT2D eigenvalue weighted by atomic mass is 9.96. The number of aryl methyl sites for hydroxylation is 1. The average Bonchev–Trinajstić information content (AvgIpc) is 2.60. The van der Waals surface area contributed by atoms with Gasteiger partial charge in [0.25, 0.3) is 5.91 Å². The zero-order valence-electron chi connectivity index (χ0n) is 15.4. The topological polar surface area (TPSA) is 64.6 Å². The SMILES string of the molecule is CCOc1c(Cl)cc(C(=O)Nc2ccc(C=O)c(C)c2)cc1OC1CCC1. The summed E-state index contributed by atoms with van der Waals surface area (Å²) in [6.45, 7) is 4.14. The molecule has 0 aromatic heterocycles. The van der Waals surface area contributed by atoms with Crippen LogP contribution >= 0.6 is 11.6 Å². The minimum absolute atomic E-state index is 0.136. The lowest BCUT2D eigenvalue weighted by Gasteiger charge is -2.27. The van der Waals surface area contributed by atoms with E-state index >= 15 is 0 Å². The molecule has 0 aliphatic heterocycles. The van der Waals surface area contributed by atoms with Crippen molar-refractivity contribution in [3.63, 3.8) is 0 Å². The monoisotopic (exact) mass is 387 g/mol. The molecule has 2 aromatic carbocycles. The third-order valence-corrected chi connectivity index (χ3v) is 4.84. The lowest BCUT2D eigenvalue weighted by Crippen LogP contribution is -2.25. The number of hydrogen-bond donors (Lipinski definition) is 1. The Morgan fingerprint density at radius 3 is 2.67 bits per heavy atom. The van der Waals surface area contributed by atoms with E-state index in [9.17, 15) is 9.59 Å². The van der Waals surface area contributed by atoms with Crippen molar-refractivity contribution < 1.29 is 19.1 Å². The standard InChI is InChI=1S/C21H22ClNO4/c1-3-26-20-18(22)10-15(11-19(20)27-17-5-4-6-17)21(25)23-16-8-7-14(12-24)13(2)9-16/h7-12,17H,3-6H2,1-2H3,(H,23,25). The van der Waals surface area contributed by atoms with Crippen molar-refractivity contribution in [2.45, 2.75) is 39.2 Å². The molecular weight excluding hydrogens is 366 g/mol. The minimum Gasteiger partial charge on any atom is -0.488 e. The first kappa shape index (κ1) is 19.2. The maximum absolute atomic E-state index is 12.7. The first-order valence-electron chi connectivity index (χ1n) is 9.02. The molecule has 3 rings (SSSR count). The van der Waals surface area contributed by atoms with Crippen LogP contribution in [0.3, 0.4) is 0 Å². The number of nitrogens with one attached hydrogen (secondary N) is 1. The molecule has 0 unspecified atom stereocenters. The van der Waals surface area contributed by atoms with Gasteiger partial charge in [0.1, 0.15) is 6.29 Å². The Balaban J connectivity index is 1.84. The van der Waals surface area contributed by atoms with Gasteiger partial charge in [-0.15, -0.1) is 0 Å². The fraction of sp³-hybridized carbons (Fsp3) is 0.333. The Morgan fingerprint density at radius 2 is 2.07 bits per heavy atom. The molecule has 0 saturated heterocycles. The van der Waals surface area contributed by atoms with Gasteiger partial charge in [-0.25, -0.2) is 0 Å². The highest BCUT2D eigenvalue weighted by atomic mass is 35.5. The number of amides is 1.